The lowest BCUT2D eigenvalue weighted by Gasteiger charge is -2.11. The van der Waals surface area contributed by atoms with Crippen LogP contribution in [-0.2, 0) is 6.42 Å². The summed E-state index contributed by atoms with van der Waals surface area (Å²) in [5, 5.41) is 3.33. The van der Waals surface area contributed by atoms with E-state index in [1.807, 2.05) is 12.1 Å². The van der Waals surface area contributed by atoms with Gasteiger partial charge in [0.25, 0.3) is 0 Å². The summed E-state index contributed by atoms with van der Waals surface area (Å²) in [5.41, 5.74) is 11.9. The summed E-state index contributed by atoms with van der Waals surface area (Å²) in [6, 6.07) is 12.4. The van der Waals surface area contributed by atoms with Crippen LogP contribution in [0, 0.1) is 0 Å². The number of allylic oxidation sites excluding steroid dienone is 1. The van der Waals surface area contributed by atoms with Crippen LogP contribution in [0.4, 0.5) is 11.6 Å². The first-order valence-electron chi connectivity index (χ1n) is 8.35. The van der Waals surface area contributed by atoms with Crippen molar-refractivity contribution in [3.05, 3.63) is 72.2 Å². The Morgan fingerprint density at radius 1 is 1.08 bits per heavy atom. The Morgan fingerprint density at radius 3 is 2.80 bits per heavy atom. The van der Waals surface area contributed by atoms with Crippen molar-refractivity contribution >= 4 is 17.2 Å². The highest BCUT2D eigenvalue weighted by molar-refractivity contribution is 5.73. The van der Waals surface area contributed by atoms with Crippen molar-refractivity contribution in [2.45, 2.75) is 12.8 Å². The molecule has 1 aliphatic carbocycles. The average Bonchev–Trinajstić information content (AvgIpc) is 3.07. The van der Waals surface area contributed by atoms with Gasteiger partial charge in [0, 0.05) is 24.5 Å². The molecule has 5 heteroatoms. The normalized spacial score (nSPS) is 12.6. The van der Waals surface area contributed by atoms with Crippen LogP contribution in [0.1, 0.15) is 17.5 Å². The van der Waals surface area contributed by atoms with Gasteiger partial charge in [-0.25, -0.2) is 9.97 Å². The fraction of sp³-hybridized carbons (Fsp3) is 0.150. The minimum absolute atomic E-state index is 0.415. The van der Waals surface area contributed by atoms with Gasteiger partial charge >= 0.3 is 0 Å². The molecule has 0 bridgehead atoms. The number of hydrogen-bond acceptors (Lipinski definition) is 5. The molecular formula is C20H19N5. The molecule has 124 valence electrons. The van der Waals surface area contributed by atoms with Crippen molar-refractivity contribution < 1.29 is 0 Å². The van der Waals surface area contributed by atoms with Gasteiger partial charge in [-0.05, 0) is 41.7 Å². The van der Waals surface area contributed by atoms with Gasteiger partial charge in [-0.1, -0.05) is 30.3 Å². The summed E-state index contributed by atoms with van der Waals surface area (Å²) >= 11 is 0. The molecule has 2 heterocycles. The largest absolute Gasteiger partial charge is 0.381 e. The van der Waals surface area contributed by atoms with Crippen LogP contribution in [-0.4, -0.2) is 21.5 Å². The SMILES string of the molecule is Nc1ncc(-c2ccncc2)nc1NCCC1=CCc2ccccc21. The van der Waals surface area contributed by atoms with E-state index >= 15 is 0 Å². The molecule has 3 aromatic rings. The molecular weight excluding hydrogens is 310 g/mol. The molecule has 0 fully saturated rings. The van der Waals surface area contributed by atoms with E-state index in [0.717, 1.165) is 30.6 Å². The van der Waals surface area contributed by atoms with Crippen molar-refractivity contribution in [1.29, 1.82) is 0 Å². The number of nitrogens with one attached hydrogen (secondary N) is 1. The van der Waals surface area contributed by atoms with Crippen LogP contribution < -0.4 is 11.1 Å². The molecule has 25 heavy (non-hydrogen) atoms. The molecule has 1 aromatic carbocycles. The Hall–Kier alpha value is -3.21. The zero-order valence-electron chi connectivity index (χ0n) is 13.8. The molecule has 0 saturated carbocycles. The third-order valence-corrected chi connectivity index (χ3v) is 4.40. The van der Waals surface area contributed by atoms with E-state index in [0.29, 0.717) is 11.6 Å². The van der Waals surface area contributed by atoms with Crippen LogP contribution in [0.2, 0.25) is 0 Å². The molecule has 3 N–H and O–H groups in total. The minimum atomic E-state index is 0.415. The summed E-state index contributed by atoms with van der Waals surface area (Å²) in [6.45, 7) is 0.763. The van der Waals surface area contributed by atoms with Crippen LogP contribution >= 0.6 is 0 Å². The van der Waals surface area contributed by atoms with Gasteiger partial charge in [-0.3, -0.25) is 4.98 Å². The van der Waals surface area contributed by atoms with E-state index in [1.165, 1.54) is 16.7 Å². The fourth-order valence-corrected chi connectivity index (χ4v) is 3.10. The molecule has 0 saturated heterocycles. The van der Waals surface area contributed by atoms with Crippen molar-refractivity contribution in [1.82, 2.24) is 15.0 Å². The highest BCUT2D eigenvalue weighted by Gasteiger charge is 2.13. The third kappa shape index (κ3) is 3.21. The van der Waals surface area contributed by atoms with E-state index in [1.54, 1.807) is 18.6 Å². The van der Waals surface area contributed by atoms with E-state index in [4.69, 9.17) is 5.73 Å². The highest BCUT2D eigenvalue weighted by Crippen LogP contribution is 2.29. The molecule has 4 rings (SSSR count). The predicted molar refractivity (Wildman–Crippen MR) is 101 cm³/mol. The second-order valence-corrected chi connectivity index (χ2v) is 5.99. The Labute approximate surface area is 146 Å². The number of anilines is 2. The summed E-state index contributed by atoms with van der Waals surface area (Å²) < 4.78 is 0. The van der Waals surface area contributed by atoms with E-state index in [2.05, 4.69) is 50.6 Å². The first kappa shape index (κ1) is 15.3. The van der Waals surface area contributed by atoms with Gasteiger partial charge in [-0.15, -0.1) is 0 Å². The molecule has 2 aromatic heterocycles. The number of hydrogen-bond donors (Lipinski definition) is 2. The van der Waals surface area contributed by atoms with Crippen molar-refractivity contribution in [2.24, 2.45) is 0 Å². The standard InChI is InChI=1S/C20H19N5/c21-19-20(25-18(13-24-19)16-7-10-22-11-8-16)23-12-9-15-6-5-14-3-1-2-4-17(14)15/h1-4,6-8,10-11,13H,5,9,12H2,(H2,21,24)(H,23,25). The van der Waals surface area contributed by atoms with Crippen LogP contribution in [0.3, 0.4) is 0 Å². The topological polar surface area (TPSA) is 76.7 Å². The van der Waals surface area contributed by atoms with Crippen molar-refractivity contribution in [2.75, 3.05) is 17.6 Å². The number of rotatable bonds is 5. The first-order valence-corrected chi connectivity index (χ1v) is 8.35. The van der Waals surface area contributed by atoms with Crippen molar-refractivity contribution in [3.8, 4) is 11.3 Å². The lowest BCUT2D eigenvalue weighted by molar-refractivity contribution is 1.05. The Bertz CT molecular complexity index is 918. The smallest absolute Gasteiger partial charge is 0.169 e. The number of pyridine rings is 1. The maximum Gasteiger partial charge on any atom is 0.169 e. The van der Waals surface area contributed by atoms with E-state index in [9.17, 15) is 0 Å². The number of nitrogen functional groups attached to an aromatic ring is 1. The number of nitrogens with zero attached hydrogens (tertiary/aromatic N) is 3. The molecule has 0 spiro atoms. The molecule has 5 nitrogen and oxygen atoms in total. The van der Waals surface area contributed by atoms with Gasteiger partial charge in [-0.2, -0.15) is 0 Å². The molecule has 0 aliphatic heterocycles. The third-order valence-electron chi connectivity index (χ3n) is 4.40. The summed E-state index contributed by atoms with van der Waals surface area (Å²) in [7, 11) is 0. The predicted octanol–water partition coefficient (Wildman–Crippen LogP) is 3.56. The van der Waals surface area contributed by atoms with Gasteiger partial charge in [0.05, 0.1) is 11.9 Å². The van der Waals surface area contributed by atoms with Crippen molar-refractivity contribution in [3.63, 3.8) is 0 Å². The molecule has 0 atom stereocenters. The lowest BCUT2D eigenvalue weighted by Crippen LogP contribution is -2.08. The number of fused-ring (bicyclic) bond motifs is 1. The monoisotopic (exact) mass is 329 g/mol. The zero-order chi connectivity index (χ0) is 17.1. The summed E-state index contributed by atoms with van der Waals surface area (Å²) in [5.74, 6) is 1.04. The number of aromatic nitrogens is 3. The summed E-state index contributed by atoms with van der Waals surface area (Å²) in [6.07, 6.45) is 9.41. The second-order valence-electron chi connectivity index (χ2n) is 5.99. The number of nitrogens with two attached hydrogens (primary N) is 1. The molecule has 0 amide bonds. The first-order chi connectivity index (χ1) is 12.3. The molecule has 0 radical (unpaired) electrons. The maximum atomic E-state index is 5.98. The minimum Gasteiger partial charge on any atom is -0.381 e. The van der Waals surface area contributed by atoms with Crippen LogP contribution in [0.25, 0.3) is 16.8 Å². The molecule has 1 aliphatic rings. The Morgan fingerprint density at radius 2 is 1.92 bits per heavy atom. The highest BCUT2D eigenvalue weighted by atomic mass is 15.1. The lowest BCUT2D eigenvalue weighted by atomic mass is 10.0. The second kappa shape index (κ2) is 6.73. The van der Waals surface area contributed by atoms with Crippen LogP contribution in [0.5, 0.6) is 0 Å². The van der Waals surface area contributed by atoms with Gasteiger partial charge in [0.1, 0.15) is 0 Å². The maximum absolute atomic E-state index is 5.98. The van der Waals surface area contributed by atoms with Gasteiger partial charge in [0.15, 0.2) is 11.6 Å². The fourth-order valence-electron chi connectivity index (χ4n) is 3.10. The van der Waals surface area contributed by atoms with Crippen LogP contribution in [0.15, 0.2) is 61.1 Å². The summed E-state index contributed by atoms with van der Waals surface area (Å²) in [4.78, 5) is 12.9. The van der Waals surface area contributed by atoms with E-state index < -0.39 is 0 Å². The van der Waals surface area contributed by atoms with Gasteiger partial charge < -0.3 is 11.1 Å². The Balaban J connectivity index is 1.45. The Kier molecular flexibility index (Phi) is 4.12. The van der Waals surface area contributed by atoms with Gasteiger partial charge in [0.2, 0.25) is 0 Å². The number of benzene rings is 1. The molecule has 0 unspecified atom stereocenters. The average molecular weight is 329 g/mol. The quantitative estimate of drug-likeness (QED) is 0.748. The van der Waals surface area contributed by atoms with E-state index in [-0.39, 0.29) is 0 Å². The zero-order valence-corrected chi connectivity index (χ0v) is 13.8.